The molecular weight excluding hydrogens is 537 g/mol. The molecule has 40 heavy (non-hydrogen) atoms. The molecule has 212 valence electrons. The molecule has 14 heteroatoms. The first-order valence-corrected chi connectivity index (χ1v) is 14.2. The van der Waals surface area contributed by atoms with Crippen LogP contribution in [0.25, 0.3) is 11.2 Å². The number of carboxylic acids is 1. The molecule has 1 unspecified atom stereocenters. The van der Waals surface area contributed by atoms with Crippen molar-refractivity contribution in [3.8, 4) is 12.3 Å². The molecule has 3 aromatic rings. The van der Waals surface area contributed by atoms with Crippen LogP contribution in [-0.2, 0) is 24.8 Å². The zero-order valence-electron chi connectivity index (χ0n) is 22.2. The Labute approximate surface area is 231 Å². The van der Waals surface area contributed by atoms with Gasteiger partial charge in [0.1, 0.15) is 5.78 Å². The van der Waals surface area contributed by atoms with Crippen molar-refractivity contribution in [1.82, 2.24) is 25.3 Å². The summed E-state index contributed by atoms with van der Waals surface area (Å²) in [7, 11) is -3.81. The number of carbonyl (C=O) groups is 2. The van der Waals surface area contributed by atoms with Crippen molar-refractivity contribution >= 4 is 42.4 Å². The summed E-state index contributed by atoms with van der Waals surface area (Å²) in [6.45, 7) is 3.40. The molecule has 6 N–H and O–H groups in total. The largest absolute Gasteiger partial charge is 0.481 e. The van der Waals surface area contributed by atoms with Crippen molar-refractivity contribution in [3.05, 3.63) is 47.3 Å². The molecule has 0 saturated carbocycles. The van der Waals surface area contributed by atoms with E-state index in [0.717, 1.165) is 5.56 Å². The summed E-state index contributed by atoms with van der Waals surface area (Å²) in [5.41, 5.74) is 13.9. The SMILES string of the molecule is C#CCC(Cc1cnc2nc(N)nc(N)c2n1)c1ccc(C(=O)N[C@@H](CCC(=O)O)P(=O)(OCC)OCC)cc1. The Morgan fingerprint density at radius 3 is 2.40 bits per heavy atom. The number of nitrogens with zero attached hydrogens (tertiary/aromatic N) is 4. The number of carbonyl (C=O) groups excluding carboxylic acids is 1. The number of benzene rings is 1. The smallest absolute Gasteiger partial charge is 0.352 e. The van der Waals surface area contributed by atoms with E-state index in [1.165, 1.54) is 0 Å². The number of aliphatic carboxylic acids is 1. The summed E-state index contributed by atoms with van der Waals surface area (Å²) in [5.74, 6) is -0.132. The number of nitrogen functional groups attached to an aromatic ring is 2. The highest BCUT2D eigenvalue weighted by Crippen LogP contribution is 2.53. The predicted molar refractivity (Wildman–Crippen MR) is 149 cm³/mol. The van der Waals surface area contributed by atoms with Crippen LogP contribution >= 0.6 is 7.60 Å². The van der Waals surface area contributed by atoms with Crippen LogP contribution in [0, 0.1) is 12.3 Å². The molecule has 2 heterocycles. The van der Waals surface area contributed by atoms with Crippen molar-refractivity contribution in [1.29, 1.82) is 0 Å². The number of terminal acetylenes is 1. The van der Waals surface area contributed by atoms with Crippen molar-refractivity contribution in [2.75, 3.05) is 24.7 Å². The van der Waals surface area contributed by atoms with Crippen LogP contribution in [0.1, 0.15) is 60.6 Å². The number of aromatic nitrogens is 4. The predicted octanol–water partition coefficient (Wildman–Crippen LogP) is 3.12. The second-order valence-electron chi connectivity index (χ2n) is 8.73. The van der Waals surface area contributed by atoms with Gasteiger partial charge in [-0.2, -0.15) is 9.97 Å². The molecule has 0 fully saturated rings. The fraction of sp³-hybridized carbons (Fsp3) is 0.385. The summed E-state index contributed by atoms with van der Waals surface area (Å²) >= 11 is 0. The molecule has 0 aliphatic rings. The van der Waals surface area contributed by atoms with Crippen LogP contribution in [0.5, 0.6) is 0 Å². The normalized spacial score (nSPS) is 12.9. The van der Waals surface area contributed by atoms with Crippen LogP contribution < -0.4 is 16.8 Å². The Morgan fingerprint density at radius 1 is 1.12 bits per heavy atom. The first kappa shape index (κ1) is 30.4. The molecule has 3 rings (SSSR count). The van der Waals surface area contributed by atoms with Gasteiger partial charge in [0, 0.05) is 24.3 Å². The molecule has 0 aliphatic carbocycles. The molecule has 1 aromatic carbocycles. The van der Waals surface area contributed by atoms with Crippen molar-refractivity contribution < 1.29 is 28.3 Å². The maximum atomic E-state index is 13.3. The average molecular weight is 570 g/mol. The number of hydrogen-bond acceptors (Lipinski definition) is 11. The van der Waals surface area contributed by atoms with Gasteiger partial charge in [0.05, 0.1) is 25.1 Å². The Morgan fingerprint density at radius 2 is 1.80 bits per heavy atom. The Hall–Kier alpha value is -4.11. The van der Waals surface area contributed by atoms with E-state index in [9.17, 15) is 14.2 Å². The van der Waals surface area contributed by atoms with Crippen LogP contribution in [0.2, 0.25) is 0 Å². The van der Waals surface area contributed by atoms with Crippen LogP contribution in [0.15, 0.2) is 30.5 Å². The van der Waals surface area contributed by atoms with E-state index in [1.807, 2.05) is 0 Å². The Balaban J connectivity index is 1.80. The number of amides is 1. The summed E-state index contributed by atoms with van der Waals surface area (Å²) in [6.07, 6.45) is 7.57. The Bertz CT molecular complexity index is 1430. The third-order valence-electron chi connectivity index (χ3n) is 5.89. The molecule has 2 aromatic heterocycles. The number of nitrogens with two attached hydrogens (primary N) is 2. The number of carboxylic acid groups (broad SMARTS) is 1. The van der Waals surface area contributed by atoms with E-state index in [1.54, 1.807) is 44.3 Å². The zero-order valence-corrected chi connectivity index (χ0v) is 23.1. The molecule has 0 bridgehead atoms. The highest BCUT2D eigenvalue weighted by Gasteiger charge is 2.37. The highest BCUT2D eigenvalue weighted by molar-refractivity contribution is 7.54. The summed E-state index contributed by atoms with van der Waals surface area (Å²) in [4.78, 5) is 41.0. The quantitative estimate of drug-likeness (QED) is 0.163. The van der Waals surface area contributed by atoms with Crippen LogP contribution in [0.4, 0.5) is 11.8 Å². The van der Waals surface area contributed by atoms with E-state index < -0.39 is 25.3 Å². The molecule has 0 aliphatic heterocycles. The third kappa shape index (κ3) is 7.72. The summed E-state index contributed by atoms with van der Waals surface area (Å²) in [5, 5.41) is 11.8. The van der Waals surface area contributed by atoms with Gasteiger partial charge in [0.2, 0.25) is 5.95 Å². The minimum absolute atomic E-state index is 0.00758. The molecule has 0 spiro atoms. The highest BCUT2D eigenvalue weighted by atomic mass is 31.2. The van der Waals surface area contributed by atoms with Crippen LogP contribution in [-0.4, -0.2) is 55.9 Å². The second kappa shape index (κ2) is 13.8. The second-order valence-corrected chi connectivity index (χ2v) is 10.9. The molecule has 1 amide bonds. The van der Waals surface area contributed by atoms with Gasteiger partial charge in [-0.05, 0) is 44.4 Å². The third-order valence-corrected chi connectivity index (χ3v) is 8.28. The molecular formula is C26H32N7O6P. The van der Waals surface area contributed by atoms with Crippen molar-refractivity contribution in [3.63, 3.8) is 0 Å². The number of nitrogens with one attached hydrogen (secondary N) is 1. The standard InChI is InChI=1S/C26H32N7O6P/c1-4-7-18(14-19-15-29-24-22(30-19)23(27)32-26(28)33-24)16-8-10-17(11-9-16)25(36)31-20(12-13-21(34)35)40(37,38-5-2)39-6-3/h1,8-11,15,18,20H,5-7,12-14H2,2-3H3,(H,31,36)(H,34,35)(H4,27,28,29,32,33)/t18?,20-/m1/s1. The minimum atomic E-state index is -3.81. The van der Waals surface area contributed by atoms with Gasteiger partial charge in [-0.15, -0.1) is 12.3 Å². The van der Waals surface area contributed by atoms with E-state index in [4.69, 9.17) is 32.0 Å². The van der Waals surface area contributed by atoms with E-state index in [2.05, 4.69) is 31.2 Å². The lowest BCUT2D eigenvalue weighted by molar-refractivity contribution is -0.137. The lowest BCUT2D eigenvalue weighted by Crippen LogP contribution is -2.36. The van der Waals surface area contributed by atoms with Gasteiger partial charge < -0.3 is 30.9 Å². The minimum Gasteiger partial charge on any atom is -0.481 e. The maximum Gasteiger partial charge on any atom is 0.352 e. The van der Waals surface area contributed by atoms with Crippen molar-refractivity contribution in [2.24, 2.45) is 0 Å². The van der Waals surface area contributed by atoms with E-state index in [-0.39, 0.29) is 55.0 Å². The van der Waals surface area contributed by atoms with Crippen LogP contribution in [0.3, 0.4) is 0 Å². The van der Waals surface area contributed by atoms with Gasteiger partial charge in [0.25, 0.3) is 5.91 Å². The van der Waals surface area contributed by atoms with Gasteiger partial charge in [-0.25, -0.2) is 9.97 Å². The lowest BCUT2D eigenvalue weighted by Gasteiger charge is -2.26. The van der Waals surface area contributed by atoms with Crippen molar-refractivity contribution in [2.45, 2.75) is 51.2 Å². The molecule has 2 atom stereocenters. The lowest BCUT2D eigenvalue weighted by atomic mass is 9.91. The average Bonchev–Trinajstić information content (AvgIpc) is 2.91. The molecule has 13 nitrogen and oxygen atoms in total. The number of fused-ring (bicyclic) bond motifs is 1. The van der Waals surface area contributed by atoms with Gasteiger partial charge in [-0.3, -0.25) is 14.2 Å². The fourth-order valence-electron chi connectivity index (χ4n) is 4.07. The maximum absolute atomic E-state index is 13.3. The Kier molecular flexibility index (Phi) is 10.5. The van der Waals surface area contributed by atoms with Gasteiger partial charge in [-0.1, -0.05) is 12.1 Å². The number of rotatable bonds is 14. The monoisotopic (exact) mass is 569 g/mol. The van der Waals surface area contributed by atoms with E-state index >= 15 is 0 Å². The van der Waals surface area contributed by atoms with Gasteiger partial charge in [0.15, 0.2) is 17.0 Å². The van der Waals surface area contributed by atoms with Gasteiger partial charge >= 0.3 is 13.6 Å². The zero-order chi connectivity index (χ0) is 29.3. The molecule has 0 saturated heterocycles. The number of anilines is 2. The first-order chi connectivity index (χ1) is 19.1. The molecule has 0 radical (unpaired) electrons. The fourth-order valence-corrected chi connectivity index (χ4v) is 5.95. The number of hydrogen-bond donors (Lipinski definition) is 4. The first-order valence-electron chi connectivity index (χ1n) is 12.6. The summed E-state index contributed by atoms with van der Waals surface area (Å²) in [6, 6.07) is 6.74. The van der Waals surface area contributed by atoms with E-state index in [0.29, 0.717) is 24.1 Å². The topological polar surface area (TPSA) is 206 Å². The summed E-state index contributed by atoms with van der Waals surface area (Å²) < 4.78 is 24.0.